The van der Waals surface area contributed by atoms with Crippen LogP contribution in [0.5, 0.6) is 0 Å². The third-order valence-electron chi connectivity index (χ3n) is 4.89. The predicted octanol–water partition coefficient (Wildman–Crippen LogP) is 1.53. The lowest BCUT2D eigenvalue weighted by molar-refractivity contribution is -0.155. The molecule has 2 saturated heterocycles. The van der Waals surface area contributed by atoms with Crippen LogP contribution in [0.1, 0.15) is 58.3 Å². The number of amides is 1. The first-order valence-corrected chi connectivity index (χ1v) is 11.0. The Morgan fingerprint density at radius 2 is 1.72 bits per heavy atom. The second kappa shape index (κ2) is 9.52. The number of likely N-dealkylation sites (tertiary alicyclic amines) is 1. The largest absolute Gasteiger partial charge is 0.454 e. The second-order valence-corrected chi connectivity index (χ2v) is 8.88. The van der Waals surface area contributed by atoms with Crippen LogP contribution in [-0.4, -0.2) is 67.5 Å². The van der Waals surface area contributed by atoms with E-state index in [9.17, 15) is 18.0 Å². The van der Waals surface area contributed by atoms with Crippen LogP contribution < -0.4 is 0 Å². The molecular weight excluding hydrogens is 344 g/mol. The van der Waals surface area contributed by atoms with Crippen molar-refractivity contribution in [2.24, 2.45) is 0 Å². The van der Waals surface area contributed by atoms with Crippen molar-refractivity contribution in [2.45, 2.75) is 64.3 Å². The smallest absolute Gasteiger partial charge is 0.324 e. The first kappa shape index (κ1) is 20.2. The van der Waals surface area contributed by atoms with E-state index in [4.69, 9.17) is 4.74 Å². The highest BCUT2D eigenvalue weighted by Crippen LogP contribution is 2.22. The van der Waals surface area contributed by atoms with E-state index in [-0.39, 0.29) is 18.3 Å². The molecule has 144 valence electrons. The van der Waals surface area contributed by atoms with Crippen molar-refractivity contribution in [1.29, 1.82) is 0 Å². The first-order chi connectivity index (χ1) is 12.0. The third-order valence-corrected chi connectivity index (χ3v) is 6.84. The first-order valence-electron chi connectivity index (χ1n) is 9.39. The Labute approximate surface area is 150 Å². The van der Waals surface area contributed by atoms with E-state index >= 15 is 0 Å². The van der Waals surface area contributed by atoms with E-state index in [1.807, 2.05) is 6.92 Å². The number of carbonyl (C=O) groups is 2. The van der Waals surface area contributed by atoms with E-state index in [0.717, 1.165) is 38.5 Å². The number of esters is 1. The molecule has 0 bridgehead atoms. The van der Waals surface area contributed by atoms with Crippen LogP contribution in [0.15, 0.2) is 0 Å². The van der Waals surface area contributed by atoms with Gasteiger partial charge in [-0.1, -0.05) is 32.6 Å². The van der Waals surface area contributed by atoms with E-state index < -0.39 is 22.0 Å². The maximum Gasteiger partial charge on any atom is 0.324 e. The number of rotatable bonds is 7. The molecule has 8 heteroatoms. The molecule has 0 spiro atoms. The van der Waals surface area contributed by atoms with Gasteiger partial charge in [0.2, 0.25) is 10.0 Å². The summed E-state index contributed by atoms with van der Waals surface area (Å²) in [6, 6.07) is -0.801. The van der Waals surface area contributed by atoms with Gasteiger partial charge in [0.15, 0.2) is 6.61 Å². The zero-order valence-electron chi connectivity index (χ0n) is 15.1. The second-order valence-electron chi connectivity index (χ2n) is 6.84. The Morgan fingerprint density at radius 1 is 1.04 bits per heavy atom. The Hall–Kier alpha value is -1.15. The highest BCUT2D eigenvalue weighted by Gasteiger charge is 2.39. The lowest BCUT2D eigenvalue weighted by atomic mass is 10.1. The van der Waals surface area contributed by atoms with Gasteiger partial charge in [-0.05, 0) is 25.7 Å². The molecule has 0 aliphatic carbocycles. The fraction of sp³-hybridized carbons (Fsp3) is 0.882. The van der Waals surface area contributed by atoms with Gasteiger partial charge in [-0.3, -0.25) is 9.59 Å². The van der Waals surface area contributed by atoms with Crippen molar-refractivity contribution < 1.29 is 22.7 Å². The van der Waals surface area contributed by atoms with Gasteiger partial charge in [-0.15, -0.1) is 0 Å². The molecular formula is C17H30N2O5S. The fourth-order valence-corrected chi connectivity index (χ4v) is 5.14. The number of ether oxygens (including phenoxy) is 1. The molecule has 2 aliphatic heterocycles. The number of sulfonamides is 1. The van der Waals surface area contributed by atoms with Crippen LogP contribution in [0.2, 0.25) is 0 Å². The summed E-state index contributed by atoms with van der Waals surface area (Å²) >= 11 is 0. The molecule has 0 N–H and O–H groups in total. The maximum absolute atomic E-state index is 12.5. The Kier molecular flexibility index (Phi) is 7.68. The average Bonchev–Trinajstić information content (AvgIpc) is 2.80. The molecule has 2 heterocycles. The van der Waals surface area contributed by atoms with Gasteiger partial charge >= 0.3 is 5.97 Å². The molecule has 2 rings (SSSR count). The summed E-state index contributed by atoms with van der Waals surface area (Å²) in [4.78, 5) is 26.5. The van der Waals surface area contributed by atoms with Crippen molar-refractivity contribution in [3.8, 4) is 0 Å². The number of hydrogen-bond donors (Lipinski definition) is 0. The zero-order chi connectivity index (χ0) is 18.3. The highest BCUT2D eigenvalue weighted by atomic mass is 32.2. The maximum atomic E-state index is 12.5. The molecule has 0 aromatic heterocycles. The number of carbonyl (C=O) groups excluding carboxylic acids is 2. The SMILES string of the molecule is CCCC[C@@H](C(=O)OCC(=O)N1CCCCCC1)N1CCCS1(=O)=O. The van der Waals surface area contributed by atoms with Crippen molar-refractivity contribution in [2.75, 3.05) is 32.0 Å². The molecule has 0 unspecified atom stereocenters. The van der Waals surface area contributed by atoms with Gasteiger partial charge in [-0.25, -0.2) is 8.42 Å². The molecule has 2 fully saturated rings. The molecule has 0 saturated carbocycles. The van der Waals surface area contributed by atoms with Gasteiger partial charge in [0, 0.05) is 19.6 Å². The van der Waals surface area contributed by atoms with Crippen molar-refractivity contribution in [1.82, 2.24) is 9.21 Å². The van der Waals surface area contributed by atoms with Crippen molar-refractivity contribution in [3.05, 3.63) is 0 Å². The van der Waals surface area contributed by atoms with Crippen LogP contribution in [0.3, 0.4) is 0 Å². The predicted molar refractivity (Wildman–Crippen MR) is 94.4 cm³/mol. The number of unbranched alkanes of at least 4 members (excludes halogenated alkanes) is 1. The normalized spacial score (nSPS) is 22.4. The number of nitrogens with zero attached hydrogens (tertiary/aromatic N) is 2. The van der Waals surface area contributed by atoms with Crippen molar-refractivity contribution >= 4 is 21.9 Å². The Balaban J connectivity index is 1.93. The van der Waals surface area contributed by atoms with Gasteiger partial charge in [0.05, 0.1) is 5.75 Å². The Morgan fingerprint density at radius 3 is 2.28 bits per heavy atom. The van der Waals surface area contributed by atoms with Gasteiger partial charge in [0.25, 0.3) is 5.91 Å². The van der Waals surface area contributed by atoms with Gasteiger partial charge in [0.1, 0.15) is 6.04 Å². The molecule has 25 heavy (non-hydrogen) atoms. The summed E-state index contributed by atoms with van der Waals surface area (Å²) in [6.45, 7) is 3.46. The minimum absolute atomic E-state index is 0.0790. The highest BCUT2D eigenvalue weighted by molar-refractivity contribution is 7.89. The topological polar surface area (TPSA) is 84.0 Å². The van der Waals surface area contributed by atoms with Crippen molar-refractivity contribution in [3.63, 3.8) is 0 Å². The summed E-state index contributed by atoms with van der Waals surface area (Å²) in [6.07, 6.45) is 6.77. The van der Waals surface area contributed by atoms with Crippen LogP contribution in [0.25, 0.3) is 0 Å². The summed E-state index contributed by atoms with van der Waals surface area (Å²) in [7, 11) is -3.39. The van der Waals surface area contributed by atoms with Crippen LogP contribution in [-0.2, 0) is 24.3 Å². The van der Waals surface area contributed by atoms with E-state index in [1.165, 1.54) is 4.31 Å². The molecule has 0 radical (unpaired) electrons. The summed E-state index contributed by atoms with van der Waals surface area (Å²) in [5, 5.41) is 0. The molecule has 0 aromatic carbocycles. The average molecular weight is 375 g/mol. The minimum Gasteiger partial charge on any atom is -0.454 e. The summed E-state index contributed by atoms with van der Waals surface area (Å²) in [5.74, 6) is -0.703. The number of hydrogen-bond acceptors (Lipinski definition) is 5. The van der Waals surface area contributed by atoms with E-state index in [2.05, 4.69) is 0 Å². The third kappa shape index (κ3) is 5.67. The van der Waals surface area contributed by atoms with E-state index in [0.29, 0.717) is 32.5 Å². The molecule has 0 aromatic rings. The lowest BCUT2D eigenvalue weighted by Gasteiger charge is -2.25. The fourth-order valence-electron chi connectivity index (χ4n) is 3.43. The molecule has 1 atom stereocenters. The van der Waals surface area contributed by atoms with Crippen LogP contribution in [0, 0.1) is 0 Å². The minimum atomic E-state index is -3.39. The standard InChI is InChI=1S/C17H30N2O5S/c1-2-3-9-15(19-12-8-13-25(19,22)23)17(21)24-14-16(20)18-10-6-4-5-7-11-18/h15H,2-14H2,1H3/t15-/m0/s1. The lowest BCUT2D eigenvalue weighted by Crippen LogP contribution is -2.44. The Bertz CT molecular complexity index is 555. The monoisotopic (exact) mass is 374 g/mol. The zero-order valence-corrected chi connectivity index (χ0v) is 15.9. The molecule has 1 amide bonds. The quantitative estimate of drug-likeness (QED) is 0.631. The summed E-state index contributed by atoms with van der Waals surface area (Å²) in [5.41, 5.74) is 0. The van der Waals surface area contributed by atoms with E-state index in [1.54, 1.807) is 4.90 Å². The van der Waals surface area contributed by atoms with Crippen LogP contribution in [0.4, 0.5) is 0 Å². The van der Waals surface area contributed by atoms with Gasteiger partial charge < -0.3 is 9.64 Å². The summed E-state index contributed by atoms with van der Waals surface area (Å²) < 4.78 is 30.8. The van der Waals surface area contributed by atoms with Crippen LogP contribution >= 0.6 is 0 Å². The molecule has 2 aliphatic rings. The molecule has 7 nitrogen and oxygen atoms in total. The van der Waals surface area contributed by atoms with Gasteiger partial charge in [-0.2, -0.15) is 4.31 Å².